The molecule has 0 aliphatic carbocycles. The van der Waals surface area contributed by atoms with Gasteiger partial charge in [0.15, 0.2) is 0 Å². The summed E-state index contributed by atoms with van der Waals surface area (Å²) in [6.07, 6.45) is -0.550. The van der Waals surface area contributed by atoms with Gasteiger partial charge in [-0.05, 0) is 40.0 Å². The average molecular weight is 334 g/mol. The molecular weight excluding hydrogens is 304 g/mol. The quantitative estimate of drug-likeness (QED) is 0.865. The van der Waals surface area contributed by atoms with Crippen molar-refractivity contribution in [2.45, 2.75) is 32.9 Å². The van der Waals surface area contributed by atoms with Gasteiger partial charge in [0.05, 0.1) is 17.5 Å². The zero-order valence-electron chi connectivity index (χ0n) is 15.2. The first-order chi connectivity index (χ1) is 11.4. The fraction of sp³-hybridized carbons (Fsp3) is 0.611. The molecule has 1 fully saturated rings. The topological polar surface area (TPSA) is 59.1 Å². The maximum absolute atomic E-state index is 12.7. The van der Waals surface area contributed by atoms with E-state index in [1.165, 1.54) is 0 Å². The number of carbonyl (C=O) groups excluding carboxylic acids is 1. The van der Waals surface area contributed by atoms with Crippen molar-refractivity contribution in [2.75, 3.05) is 50.0 Å². The lowest BCUT2D eigenvalue weighted by atomic mass is 10.2. The third-order valence-corrected chi connectivity index (χ3v) is 4.33. The van der Waals surface area contributed by atoms with Crippen LogP contribution in [0.25, 0.3) is 0 Å². The number of amides is 2. The van der Waals surface area contributed by atoms with Gasteiger partial charge in [-0.2, -0.15) is 0 Å². The van der Waals surface area contributed by atoms with Crippen LogP contribution in [0.1, 0.15) is 20.8 Å². The van der Waals surface area contributed by atoms with Gasteiger partial charge in [0, 0.05) is 38.8 Å². The van der Waals surface area contributed by atoms with E-state index >= 15 is 0 Å². The van der Waals surface area contributed by atoms with Crippen LogP contribution in [0.2, 0.25) is 0 Å². The molecule has 2 rings (SSSR count). The Morgan fingerprint density at radius 1 is 1.21 bits per heavy atom. The Hall–Kier alpha value is -1.79. The van der Waals surface area contributed by atoms with Gasteiger partial charge in [0.1, 0.15) is 0 Å². The Morgan fingerprint density at radius 2 is 1.83 bits per heavy atom. The van der Waals surface area contributed by atoms with E-state index in [0.29, 0.717) is 6.54 Å². The third-order valence-electron chi connectivity index (χ3n) is 4.33. The van der Waals surface area contributed by atoms with E-state index in [9.17, 15) is 9.90 Å². The first-order valence-corrected chi connectivity index (χ1v) is 8.66. The van der Waals surface area contributed by atoms with Crippen LogP contribution in [0.4, 0.5) is 16.2 Å². The number of aliphatic hydroxyl groups excluding tert-OH is 1. The fourth-order valence-electron chi connectivity index (χ4n) is 2.90. The number of urea groups is 1. The minimum Gasteiger partial charge on any atom is -0.392 e. The lowest BCUT2D eigenvalue weighted by Crippen LogP contribution is -2.46. The molecule has 6 nitrogen and oxygen atoms in total. The van der Waals surface area contributed by atoms with Crippen LogP contribution in [-0.4, -0.2) is 72.9 Å². The first-order valence-electron chi connectivity index (χ1n) is 8.66. The maximum Gasteiger partial charge on any atom is 0.322 e. The molecule has 1 aromatic carbocycles. The van der Waals surface area contributed by atoms with E-state index in [1.54, 1.807) is 11.8 Å². The standard InChI is InChI=1S/C18H30N4O2/c1-14(2)22(13-15(3)23)18(24)19-16-7-5-6-8-17(16)21-11-9-20(4)10-12-21/h5-8,14-15,23H,9-13H2,1-4H3,(H,19,24). The van der Waals surface area contributed by atoms with Gasteiger partial charge in [-0.3, -0.25) is 0 Å². The van der Waals surface area contributed by atoms with Crippen molar-refractivity contribution in [1.29, 1.82) is 0 Å². The maximum atomic E-state index is 12.7. The van der Waals surface area contributed by atoms with Crippen molar-refractivity contribution in [2.24, 2.45) is 0 Å². The summed E-state index contributed by atoms with van der Waals surface area (Å²) in [5.41, 5.74) is 1.88. The summed E-state index contributed by atoms with van der Waals surface area (Å²) in [5, 5.41) is 12.7. The molecule has 24 heavy (non-hydrogen) atoms. The fourth-order valence-corrected chi connectivity index (χ4v) is 2.90. The van der Waals surface area contributed by atoms with Crippen molar-refractivity contribution in [3.05, 3.63) is 24.3 Å². The van der Waals surface area contributed by atoms with Gasteiger partial charge in [0.25, 0.3) is 0 Å². The Kier molecular flexibility index (Phi) is 6.45. The van der Waals surface area contributed by atoms with Crippen LogP contribution in [0.15, 0.2) is 24.3 Å². The van der Waals surface area contributed by atoms with E-state index < -0.39 is 6.10 Å². The zero-order valence-corrected chi connectivity index (χ0v) is 15.2. The number of likely N-dealkylation sites (N-methyl/N-ethyl adjacent to an activating group) is 1. The van der Waals surface area contributed by atoms with E-state index in [-0.39, 0.29) is 12.1 Å². The summed E-state index contributed by atoms with van der Waals surface area (Å²) in [4.78, 5) is 18.9. The number of anilines is 2. The van der Waals surface area contributed by atoms with Gasteiger partial charge >= 0.3 is 6.03 Å². The Labute approximate surface area is 145 Å². The molecule has 1 atom stereocenters. The smallest absolute Gasteiger partial charge is 0.322 e. The molecule has 134 valence electrons. The molecule has 1 saturated heterocycles. The molecule has 0 aromatic heterocycles. The van der Waals surface area contributed by atoms with Crippen LogP contribution < -0.4 is 10.2 Å². The van der Waals surface area contributed by atoms with Gasteiger partial charge in [-0.1, -0.05) is 12.1 Å². The monoisotopic (exact) mass is 334 g/mol. The molecular formula is C18H30N4O2. The molecule has 0 saturated carbocycles. The van der Waals surface area contributed by atoms with Crippen molar-refractivity contribution in [1.82, 2.24) is 9.80 Å². The predicted octanol–water partition coefficient (Wildman–Crippen LogP) is 2.06. The van der Waals surface area contributed by atoms with Crippen molar-refractivity contribution in [3.8, 4) is 0 Å². The molecule has 0 radical (unpaired) electrons. The van der Waals surface area contributed by atoms with Crippen LogP contribution in [-0.2, 0) is 0 Å². The predicted molar refractivity (Wildman–Crippen MR) is 98.7 cm³/mol. The molecule has 1 unspecified atom stereocenters. The number of piperazine rings is 1. The van der Waals surface area contributed by atoms with E-state index in [0.717, 1.165) is 37.6 Å². The van der Waals surface area contributed by atoms with Crippen molar-refractivity contribution >= 4 is 17.4 Å². The van der Waals surface area contributed by atoms with Crippen LogP contribution in [0.5, 0.6) is 0 Å². The number of nitrogens with one attached hydrogen (secondary N) is 1. The van der Waals surface area contributed by atoms with E-state index in [2.05, 4.69) is 28.2 Å². The van der Waals surface area contributed by atoms with Gasteiger partial charge < -0.3 is 25.1 Å². The average Bonchev–Trinajstić information content (AvgIpc) is 2.53. The summed E-state index contributed by atoms with van der Waals surface area (Å²) in [6, 6.07) is 7.77. The highest BCUT2D eigenvalue weighted by Crippen LogP contribution is 2.27. The molecule has 1 aliphatic rings. The summed E-state index contributed by atoms with van der Waals surface area (Å²) >= 11 is 0. The number of benzene rings is 1. The molecule has 0 bridgehead atoms. The number of carbonyl (C=O) groups is 1. The summed E-state index contributed by atoms with van der Waals surface area (Å²) < 4.78 is 0. The molecule has 1 heterocycles. The normalized spacial score (nSPS) is 17.0. The number of aliphatic hydroxyl groups is 1. The van der Waals surface area contributed by atoms with Crippen molar-refractivity contribution < 1.29 is 9.90 Å². The molecule has 1 aromatic rings. The Bertz CT molecular complexity index is 540. The van der Waals surface area contributed by atoms with Gasteiger partial charge in [0.2, 0.25) is 0 Å². The first kappa shape index (κ1) is 18.5. The number of rotatable bonds is 5. The zero-order chi connectivity index (χ0) is 17.7. The van der Waals surface area contributed by atoms with E-state index in [4.69, 9.17) is 0 Å². The summed E-state index contributed by atoms with van der Waals surface area (Å²) in [7, 11) is 2.13. The Balaban J connectivity index is 2.13. The van der Waals surface area contributed by atoms with Crippen LogP contribution in [0.3, 0.4) is 0 Å². The Morgan fingerprint density at radius 3 is 2.42 bits per heavy atom. The van der Waals surface area contributed by atoms with Gasteiger partial charge in [-0.15, -0.1) is 0 Å². The van der Waals surface area contributed by atoms with Gasteiger partial charge in [-0.25, -0.2) is 4.79 Å². The van der Waals surface area contributed by atoms with Crippen LogP contribution >= 0.6 is 0 Å². The lowest BCUT2D eigenvalue weighted by Gasteiger charge is -2.35. The van der Waals surface area contributed by atoms with Crippen molar-refractivity contribution in [3.63, 3.8) is 0 Å². The second-order valence-corrected chi connectivity index (χ2v) is 6.83. The number of hydrogen-bond donors (Lipinski definition) is 2. The molecule has 1 aliphatic heterocycles. The molecule has 6 heteroatoms. The van der Waals surface area contributed by atoms with E-state index in [1.807, 2.05) is 32.0 Å². The number of para-hydroxylation sites is 2. The summed E-state index contributed by atoms with van der Waals surface area (Å²) in [6.45, 7) is 9.85. The highest BCUT2D eigenvalue weighted by Gasteiger charge is 2.22. The number of hydrogen-bond acceptors (Lipinski definition) is 4. The highest BCUT2D eigenvalue weighted by atomic mass is 16.3. The minimum absolute atomic E-state index is 0.0235. The summed E-state index contributed by atoms with van der Waals surface area (Å²) in [5.74, 6) is 0. The highest BCUT2D eigenvalue weighted by molar-refractivity contribution is 5.93. The minimum atomic E-state index is -0.550. The molecule has 0 spiro atoms. The second kappa shape index (κ2) is 8.35. The SMILES string of the molecule is CC(O)CN(C(=O)Nc1ccccc1N1CCN(C)CC1)C(C)C. The largest absolute Gasteiger partial charge is 0.392 e. The molecule has 2 amide bonds. The third kappa shape index (κ3) is 4.85. The second-order valence-electron chi connectivity index (χ2n) is 6.83. The van der Waals surface area contributed by atoms with Crippen LogP contribution in [0, 0.1) is 0 Å². The molecule has 2 N–H and O–H groups in total. The number of nitrogens with zero attached hydrogens (tertiary/aromatic N) is 3. The lowest BCUT2D eigenvalue weighted by molar-refractivity contribution is 0.125.